The highest BCUT2D eigenvalue weighted by Gasteiger charge is 2.29. The lowest BCUT2D eigenvalue weighted by Crippen LogP contribution is -2.23. The molecule has 1 aromatic rings. The average molecular weight is 436 g/mol. The lowest BCUT2D eigenvalue weighted by atomic mass is 10.0. The molecule has 0 aromatic heterocycles. The predicted molar refractivity (Wildman–Crippen MR) is 78.6 cm³/mol. The average Bonchev–Trinajstić information content (AvgIpc) is 2.26. The maximum Gasteiger partial charge on any atom is 0.389 e. The molecule has 0 amide bonds. The molecule has 0 fully saturated rings. The summed E-state index contributed by atoms with van der Waals surface area (Å²) in [5.41, 5.74) is 0.913. The standard InChI is InChI=1S/C12H14BrF3IN/c1-2-18-11(5-6-12(14,15)16)9-7-8(13)3-4-10(9)17/h3-4,7,11,18H,2,5-6H2,1H3. The maximum absolute atomic E-state index is 12.3. The molecule has 1 aromatic carbocycles. The summed E-state index contributed by atoms with van der Waals surface area (Å²) in [7, 11) is 0. The maximum atomic E-state index is 12.3. The predicted octanol–water partition coefficient (Wildman–Crippen LogP) is 5.05. The van der Waals surface area contributed by atoms with Crippen molar-refractivity contribution in [2.45, 2.75) is 32.0 Å². The molecule has 0 heterocycles. The van der Waals surface area contributed by atoms with Crippen LogP contribution in [-0.4, -0.2) is 12.7 Å². The SMILES string of the molecule is CCNC(CCC(F)(F)F)c1cc(Br)ccc1I. The second-order valence-corrected chi connectivity index (χ2v) is 6.01. The Morgan fingerprint density at radius 2 is 2.06 bits per heavy atom. The molecular formula is C12H14BrF3IN. The van der Waals surface area contributed by atoms with Crippen molar-refractivity contribution in [3.8, 4) is 0 Å². The van der Waals surface area contributed by atoms with Gasteiger partial charge in [0.25, 0.3) is 0 Å². The van der Waals surface area contributed by atoms with Crippen molar-refractivity contribution < 1.29 is 13.2 Å². The van der Waals surface area contributed by atoms with Gasteiger partial charge in [0.05, 0.1) is 0 Å². The summed E-state index contributed by atoms with van der Waals surface area (Å²) in [4.78, 5) is 0. The summed E-state index contributed by atoms with van der Waals surface area (Å²) in [6.07, 6.45) is -4.82. The zero-order valence-electron chi connectivity index (χ0n) is 9.82. The zero-order chi connectivity index (χ0) is 13.8. The third-order valence-corrected chi connectivity index (χ3v) is 3.98. The van der Waals surface area contributed by atoms with Crippen LogP contribution in [0.15, 0.2) is 22.7 Å². The first-order chi connectivity index (χ1) is 8.33. The van der Waals surface area contributed by atoms with Crippen LogP contribution in [0.2, 0.25) is 0 Å². The molecule has 18 heavy (non-hydrogen) atoms. The lowest BCUT2D eigenvalue weighted by molar-refractivity contribution is -0.136. The van der Waals surface area contributed by atoms with Gasteiger partial charge in [-0.15, -0.1) is 0 Å². The Morgan fingerprint density at radius 3 is 2.61 bits per heavy atom. The van der Waals surface area contributed by atoms with Gasteiger partial charge in [-0.1, -0.05) is 22.9 Å². The second-order valence-electron chi connectivity index (χ2n) is 3.93. The number of halogens is 5. The molecule has 6 heteroatoms. The van der Waals surface area contributed by atoms with Crippen LogP contribution in [0.5, 0.6) is 0 Å². The molecule has 0 radical (unpaired) electrons. The van der Waals surface area contributed by atoms with E-state index in [0.717, 1.165) is 13.6 Å². The van der Waals surface area contributed by atoms with Crippen LogP contribution in [0.1, 0.15) is 31.4 Å². The van der Waals surface area contributed by atoms with Crippen molar-refractivity contribution in [3.05, 3.63) is 31.8 Å². The number of hydrogen-bond donors (Lipinski definition) is 1. The van der Waals surface area contributed by atoms with Gasteiger partial charge in [-0.05, 0) is 59.3 Å². The minimum absolute atomic E-state index is 0.0593. The van der Waals surface area contributed by atoms with Crippen LogP contribution < -0.4 is 5.32 Å². The smallest absolute Gasteiger partial charge is 0.310 e. The van der Waals surface area contributed by atoms with Crippen molar-refractivity contribution >= 4 is 38.5 Å². The molecule has 0 aliphatic rings. The summed E-state index contributed by atoms with van der Waals surface area (Å²) < 4.78 is 38.8. The Kier molecular flexibility index (Phi) is 6.40. The van der Waals surface area contributed by atoms with E-state index in [9.17, 15) is 13.2 Å². The van der Waals surface area contributed by atoms with Gasteiger partial charge in [-0.3, -0.25) is 0 Å². The molecular weight excluding hydrogens is 422 g/mol. The van der Waals surface area contributed by atoms with E-state index in [2.05, 4.69) is 43.8 Å². The Hall–Kier alpha value is 0.180. The fourth-order valence-corrected chi connectivity index (χ4v) is 2.79. The Labute approximate surface area is 127 Å². The van der Waals surface area contributed by atoms with Crippen molar-refractivity contribution in [2.24, 2.45) is 0 Å². The van der Waals surface area contributed by atoms with Crippen LogP contribution in [0.25, 0.3) is 0 Å². The first-order valence-corrected chi connectivity index (χ1v) is 7.45. The number of nitrogens with one attached hydrogen (secondary N) is 1. The van der Waals surface area contributed by atoms with Gasteiger partial charge in [-0.2, -0.15) is 13.2 Å². The summed E-state index contributed by atoms with van der Waals surface area (Å²) >= 11 is 5.50. The Bertz CT molecular complexity index is 395. The molecule has 0 aliphatic carbocycles. The second kappa shape index (κ2) is 7.09. The van der Waals surface area contributed by atoms with Gasteiger partial charge in [0.1, 0.15) is 0 Å². The van der Waals surface area contributed by atoms with Crippen LogP contribution >= 0.6 is 38.5 Å². The summed E-state index contributed by atoms with van der Waals surface area (Å²) in [5, 5.41) is 3.11. The van der Waals surface area contributed by atoms with Crippen LogP contribution in [0.4, 0.5) is 13.2 Å². The van der Waals surface area contributed by atoms with E-state index < -0.39 is 12.6 Å². The fraction of sp³-hybridized carbons (Fsp3) is 0.500. The summed E-state index contributed by atoms with van der Waals surface area (Å²) in [6.45, 7) is 2.54. The number of alkyl halides is 3. The molecule has 1 atom stereocenters. The number of hydrogen-bond acceptors (Lipinski definition) is 1. The third-order valence-electron chi connectivity index (χ3n) is 2.50. The highest BCUT2D eigenvalue weighted by Crippen LogP contribution is 2.31. The third kappa shape index (κ3) is 5.44. The highest BCUT2D eigenvalue weighted by atomic mass is 127. The van der Waals surface area contributed by atoms with E-state index in [1.165, 1.54) is 0 Å². The van der Waals surface area contributed by atoms with E-state index >= 15 is 0 Å². The van der Waals surface area contributed by atoms with E-state index in [-0.39, 0.29) is 12.5 Å². The molecule has 0 spiro atoms. The van der Waals surface area contributed by atoms with Crippen molar-refractivity contribution in [3.63, 3.8) is 0 Å². The van der Waals surface area contributed by atoms with Gasteiger partial charge in [0, 0.05) is 20.5 Å². The molecule has 0 saturated carbocycles. The topological polar surface area (TPSA) is 12.0 Å². The van der Waals surface area contributed by atoms with Crippen LogP contribution in [0, 0.1) is 3.57 Å². The number of benzene rings is 1. The molecule has 1 unspecified atom stereocenters. The minimum atomic E-state index is -4.11. The largest absolute Gasteiger partial charge is 0.389 e. The number of rotatable bonds is 5. The van der Waals surface area contributed by atoms with Crippen LogP contribution in [-0.2, 0) is 0 Å². The van der Waals surface area contributed by atoms with Crippen LogP contribution in [0.3, 0.4) is 0 Å². The first-order valence-electron chi connectivity index (χ1n) is 5.58. The van der Waals surface area contributed by atoms with E-state index in [1.54, 1.807) is 0 Å². The normalized spacial score (nSPS) is 13.7. The van der Waals surface area contributed by atoms with E-state index in [1.807, 2.05) is 25.1 Å². The molecule has 1 nitrogen and oxygen atoms in total. The Morgan fingerprint density at radius 1 is 1.39 bits per heavy atom. The van der Waals surface area contributed by atoms with Crippen molar-refractivity contribution in [1.29, 1.82) is 0 Å². The van der Waals surface area contributed by atoms with Gasteiger partial charge in [0.2, 0.25) is 0 Å². The zero-order valence-corrected chi connectivity index (χ0v) is 13.6. The van der Waals surface area contributed by atoms with Gasteiger partial charge in [-0.25, -0.2) is 0 Å². The summed E-state index contributed by atoms with van der Waals surface area (Å²) in [6, 6.07) is 5.41. The molecule has 1 N–H and O–H groups in total. The van der Waals surface area contributed by atoms with Crippen molar-refractivity contribution in [2.75, 3.05) is 6.54 Å². The molecule has 1 rings (SSSR count). The monoisotopic (exact) mass is 435 g/mol. The molecule has 0 saturated heterocycles. The van der Waals surface area contributed by atoms with E-state index in [0.29, 0.717) is 6.54 Å². The van der Waals surface area contributed by atoms with Gasteiger partial charge in [0.15, 0.2) is 0 Å². The summed E-state index contributed by atoms with van der Waals surface area (Å²) in [5.74, 6) is 0. The fourth-order valence-electron chi connectivity index (χ4n) is 1.70. The van der Waals surface area contributed by atoms with E-state index in [4.69, 9.17) is 0 Å². The molecule has 0 aliphatic heterocycles. The van der Waals surface area contributed by atoms with Gasteiger partial charge >= 0.3 is 6.18 Å². The molecule has 0 bridgehead atoms. The quantitative estimate of drug-likeness (QED) is 0.638. The molecule has 102 valence electrons. The van der Waals surface area contributed by atoms with Gasteiger partial charge < -0.3 is 5.32 Å². The first kappa shape index (κ1) is 16.2. The minimum Gasteiger partial charge on any atom is -0.310 e. The van der Waals surface area contributed by atoms with Crippen molar-refractivity contribution in [1.82, 2.24) is 5.32 Å². The Balaban J connectivity index is 2.86. The lowest BCUT2D eigenvalue weighted by Gasteiger charge is -2.20. The highest BCUT2D eigenvalue weighted by molar-refractivity contribution is 14.1.